The highest BCUT2D eigenvalue weighted by Crippen LogP contribution is 2.32. The van der Waals surface area contributed by atoms with Gasteiger partial charge in [-0.05, 0) is 42.0 Å². The molecule has 0 radical (unpaired) electrons. The molecule has 0 fully saturated rings. The van der Waals surface area contributed by atoms with Gasteiger partial charge in [0.05, 0.1) is 18.6 Å². The van der Waals surface area contributed by atoms with Crippen LogP contribution in [0.2, 0.25) is 0 Å². The van der Waals surface area contributed by atoms with E-state index in [0.717, 1.165) is 23.4 Å². The summed E-state index contributed by atoms with van der Waals surface area (Å²) in [5.74, 6) is 0.100. The molecule has 0 unspecified atom stereocenters. The molecule has 1 amide bonds. The maximum Gasteiger partial charge on any atom is 0.433 e. The number of benzene rings is 1. The number of nitrogens with zero attached hydrogens (tertiary/aromatic N) is 3. The number of ether oxygens (including phenoxy) is 1. The van der Waals surface area contributed by atoms with E-state index in [9.17, 15) is 18.0 Å². The Morgan fingerprint density at radius 3 is 2.57 bits per heavy atom. The number of halogens is 3. The molecule has 3 rings (SSSR count). The fourth-order valence-electron chi connectivity index (χ4n) is 2.43. The number of aromatic nitrogens is 3. The minimum atomic E-state index is -4.64. The molecule has 0 saturated heterocycles. The van der Waals surface area contributed by atoms with Gasteiger partial charge in [-0.2, -0.15) is 13.2 Å². The molecule has 1 N–H and O–H groups in total. The lowest BCUT2D eigenvalue weighted by atomic mass is 10.1. The second kappa shape index (κ2) is 9.57. The van der Waals surface area contributed by atoms with Crippen LogP contribution < -0.4 is 10.1 Å². The average molecular weight is 434 g/mol. The van der Waals surface area contributed by atoms with Gasteiger partial charge in [0, 0.05) is 24.5 Å². The molecule has 156 valence electrons. The Bertz CT molecular complexity index is 999. The SMILES string of the molecule is COc1ccc(-c2cc(C(F)(F)F)nc(SCC(=O)NCc3cccnc3)n2)cc1. The molecule has 0 aliphatic rings. The fraction of sp³-hybridized carbons (Fsp3) is 0.200. The third-order valence-corrected chi connectivity index (χ3v) is 4.77. The molecule has 0 saturated carbocycles. The summed E-state index contributed by atoms with van der Waals surface area (Å²) in [5.41, 5.74) is 0.333. The number of pyridine rings is 1. The van der Waals surface area contributed by atoms with Gasteiger partial charge in [-0.3, -0.25) is 9.78 Å². The second-order valence-corrected chi connectivity index (χ2v) is 7.02. The highest BCUT2D eigenvalue weighted by molar-refractivity contribution is 7.99. The molecular weight excluding hydrogens is 417 g/mol. The van der Waals surface area contributed by atoms with Gasteiger partial charge in [-0.25, -0.2) is 9.97 Å². The van der Waals surface area contributed by atoms with Crippen LogP contribution in [0.3, 0.4) is 0 Å². The number of hydrogen-bond donors (Lipinski definition) is 1. The van der Waals surface area contributed by atoms with Crippen molar-refractivity contribution in [2.24, 2.45) is 0 Å². The van der Waals surface area contributed by atoms with Gasteiger partial charge in [0.15, 0.2) is 5.16 Å². The molecule has 2 heterocycles. The van der Waals surface area contributed by atoms with Crippen LogP contribution in [-0.2, 0) is 17.5 Å². The van der Waals surface area contributed by atoms with Gasteiger partial charge < -0.3 is 10.1 Å². The normalized spacial score (nSPS) is 11.2. The Morgan fingerprint density at radius 2 is 1.93 bits per heavy atom. The van der Waals surface area contributed by atoms with Crippen molar-refractivity contribution in [1.29, 1.82) is 0 Å². The Kier molecular flexibility index (Phi) is 6.88. The predicted molar refractivity (Wildman–Crippen MR) is 106 cm³/mol. The van der Waals surface area contributed by atoms with E-state index in [1.54, 1.807) is 48.8 Å². The molecule has 0 atom stereocenters. The summed E-state index contributed by atoms with van der Waals surface area (Å²) in [5, 5.41) is 2.55. The van der Waals surface area contributed by atoms with E-state index in [0.29, 0.717) is 11.3 Å². The number of amides is 1. The van der Waals surface area contributed by atoms with Crippen LogP contribution in [-0.4, -0.2) is 33.7 Å². The lowest BCUT2D eigenvalue weighted by Gasteiger charge is -2.11. The molecule has 2 aromatic heterocycles. The van der Waals surface area contributed by atoms with Gasteiger partial charge in [0.2, 0.25) is 5.91 Å². The molecule has 6 nitrogen and oxygen atoms in total. The zero-order valence-electron chi connectivity index (χ0n) is 15.8. The summed E-state index contributed by atoms with van der Waals surface area (Å²) in [6.45, 7) is 0.272. The van der Waals surface area contributed by atoms with Gasteiger partial charge in [-0.1, -0.05) is 17.8 Å². The van der Waals surface area contributed by atoms with E-state index in [1.165, 1.54) is 7.11 Å². The van der Waals surface area contributed by atoms with Gasteiger partial charge in [0.25, 0.3) is 0 Å². The molecule has 10 heteroatoms. The van der Waals surface area contributed by atoms with Crippen LogP contribution in [0.1, 0.15) is 11.3 Å². The van der Waals surface area contributed by atoms with Crippen LogP contribution in [0, 0.1) is 0 Å². The molecule has 0 spiro atoms. The minimum Gasteiger partial charge on any atom is -0.497 e. The first-order valence-corrected chi connectivity index (χ1v) is 9.73. The third kappa shape index (κ3) is 5.93. The van der Waals surface area contributed by atoms with Crippen molar-refractivity contribution in [3.63, 3.8) is 0 Å². The van der Waals surface area contributed by atoms with Gasteiger partial charge >= 0.3 is 6.18 Å². The third-order valence-electron chi connectivity index (χ3n) is 3.93. The Labute approximate surface area is 174 Å². The number of hydrogen-bond acceptors (Lipinski definition) is 6. The van der Waals surface area contributed by atoms with E-state index >= 15 is 0 Å². The van der Waals surface area contributed by atoms with Crippen molar-refractivity contribution in [1.82, 2.24) is 20.3 Å². The molecule has 0 aliphatic carbocycles. The van der Waals surface area contributed by atoms with Crippen LogP contribution in [0.4, 0.5) is 13.2 Å². The van der Waals surface area contributed by atoms with Crippen molar-refractivity contribution in [3.8, 4) is 17.0 Å². The van der Waals surface area contributed by atoms with Crippen LogP contribution in [0.25, 0.3) is 11.3 Å². The fourth-order valence-corrected chi connectivity index (χ4v) is 3.12. The number of carbonyl (C=O) groups is 1. The van der Waals surface area contributed by atoms with Crippen molar-refractivity contribution < 1.29 is 22.7 Å². The minimum absolute atomic E-state index is 0.109. The van der Waals surface area contributed by atoms with E-state index in [-0.39, 0.29) is 29.1 Å². The largest absolute Gasteiger partial charge is 0.497 e. The predicted octanol–water partition coefficient (Wildman–Crippen LogP) is 3.97. The molecule has 0 bridgehead atoms. The highest BCUT2D eigenvalue weighted by atomic mass is 32.2. The van der Waals surface area contributed by atoms with E-state index < -0.39 is 11.9 Å². The van der Waals surface area contributed by atoms with Crippen molar-refractivity contribution in [2.75, 3.05) is 12.9 Å². The molecule has 1 aromatic carbocycles. The van der Waals surface area contributed by atoms with E-state index in [1.807, 2.05) is 0 Å². The summed E-state index contributed by atoms with van der Waals surface area (Å²) in [6.07, 6.45) is -1.40. The summed E-state index contributed by atoms with van der Waals surface area (Å²) in [7, 11) is 1.50. The van der Waals surface area contributed by atoms with Crippen LogP contribution >= 0.6 is 11.8 Å². The summed E-state index contributed by atoms with van der Waals surface area (Å²) < 4.78 is 44.9. The average Bonchev–Trinajstić information content (AvgIpc) is 2.76. The number of methoxy groups -OCH3 is 1. The first kappa shape index (κ1) is 21.6. The summed E-state index contributed by atoms with van der Waals surface area (Å²) in [6, 6.07) is 10.9. The number of alkyl halides is 3. The van der Waals surface area contributed by atoms with Crippen LogP contribution in [0.15, 0.2) is 60.0 Å². The zero-order chi connectivity index (χ0) is 21.6. The zero-order valence-corrected chi connectivity index (χ0v) is 16.6. The lowest BCUT2D eigenvalue weighted by molar-refractivity contribution is -0.141. The van der Waals surface area contributed by atoms with Crippen molar-refractivity contribution >= 4 is 17.7 Å². The Balaban J connectivity index is 1.73. The first-order chi connectivity index (χ1) is 14.3. The topological polar surface area (TPSA) is 77.0 Å². The monoisotopic (exact) mass is 434 g/mol. The number of nitrogens with one attached hydrogen (secondary N) is 1. The standard InChI is InChI=1S/C20H17F3N4O2S/c1-29-15-6-4-14(5-7-15)16-9-17(20(21,22)23)27-19(26-16)30-12-18(28)25-11-13-3-2-8-24-10-13/h2-10H,11-12H2,1H3,(H,25,28). The molecular formula is C20H17F3N4O2S. The van der Waals surface area contributed by atoms with Gasteiger partial charge in [0.1, 0.15) is 11.4 Å². The number of thioether (sulfide) groups is 1. The lowest BCUT2D eigenvalue weighted by Crippen LogP contribution is -2.24. The quantitative estimate of drug-likeness (QED) is 0.448. The Hall–Kier alpha value is -3.14. The van der Waals surface area contributed by atoms with Crippen molar-refractivity contribution in [3.05, 3.63) is 66.1 Å². The number of rotatable bonds is 7. The van der Waals surface area contributed by atoms with E-state index in [2.05, 4.69) is 20.3 Å². The smallest absolute Gasteiger partial charge is 0.433 e. The molecule has 30 heavy (non-hydrogen) atoms. The van der Waals surface area contributed by atoms with Crippen LogP contribution in [0.5, 0.6) is 5.75 Å². The maximum absolute atomic E-state index is 13.3. The summed E-state index contributed by atoms with van der Waals surface area (Å²) >= 11 is 0.836. The Morgan fingerprint density at radius 1 is 1.17 bits per heavy atom. The number of carbonyl (C=O) groups excluding carboxylic acids is 1. The first-order valence-electron chi connectivity index (χ1n) is 8.74. The van der Waals surface area contributed by atoms with E-state index in [4.69, 9.17) is 4.74 Å². The molecule has 3 aromatic rings. The van der Waals surface area contributed by atoms with Crippen molar-refractivity contribution in [2.45, 2.75) is 17.9 Å². The maximum atomic E-state index is 13.3. The summed E-state index contributed by atoms with van der Waals surface area (Å²) in [4.78, 5) is 23.8. The second-order valence-electron chi connectivity index (χ2n) is 6.07. The van der Waals surface area contributed by atoms with Gasteiger partial charge in [-0.15, -0.1) is 0 Å². The molecule has 0 aliphatic heterocycles. The highest BCUT2D eigenvalue weighted by Gasteiger charge is 2.34.